The van der Waals surface area contributed by atoms with Gasteiger partial charge in [0.2, 0.25) is 5.91 Å². The van der Waals surface area contributed by atoms with Crippen LogP contribution in [0.25, 0.3) is 5.69 Å². The van der Waals surface area contributed by atoms with Crippen molar-refractivity contribution in [3.05, 3.63) is 77.5 Å². The summed E-state index contributed by atoms with van der Waals surface area (Å²) in [5.74, 6) is 0.662. The van der Waals surface area contributed by atoms with Crippen molar-refractivity contribution in [2.75, 3.05) is 32.1 Å². The second-order valence-electron chi connectivity index (χ2n) is 9.47. The van der Waals surface area contributed by atoms with Crippen LogP contribution >= 0.6 is 0 Å². The molecule has 9 nitrogen and oxygen atoms in total. The van der Waals surface area contributed by atoms with Gasteiger partial charge in [0.05, 0.1) is 30.0 Å². The number of benzene rings is 2. The number of carbonyl (C=O) groups is 2. The number of ether oxygens (including phenoxy) is 1. The smallest absolute Gasteiger partial charge is 0.320 e. The van der Waals surface area contributed by atoms with E-state index in [4.69, 9.17) is 9.84 Å². The first-order valence-corrected chi connectivity index (χ1v) is 12.3. The van der Waals surface area contributed by atoms with Crippen LogP contribution in [0.5, 0.6) is 0 Å². The molecule has 1 saturated heterocycles. The minimum atomic E-state index is -0.520. The maximum absolute atomic E-state index is 13.6. The number of nitrogens with one attached hydrogen (secondary N) is 3. The fourth-order valence-corrected chi connectivity index (χ4v) is 5.31. The van der Waals surface area contributed by atoms with Gasteiger partial charge in [0.15, 0.2) is 0 Å². The third kappa shape index (κ3) is 4.59. The quantitative estimate of drug-likeness (QED) is 0.475. The monoisotopic (exact) mass is 488 g/mol. The van der Waals surface area contributed by atoms with Crippen LogP contribution in [0.1, 0.15) is 36.1 Å². The molecule has 2 aromatic carbocycles. The molecule has 0 spiro atoms. The van der Waals surface area contributed by atoms with E-state index in [0.717, 1.165) is 23.5 Å². The zero-order valence-corrected chi connectivity index (χ0v) is 20.7. The molecule has 0 unspecified atom stereocenters. The fraction of sp³-hybridized carbons (Fsp3) is 0.370. The molecule has 3 aromatic rings. The van der Waals surface area contributed by atoms with Gasteiger partial charge in [0, 0.05) is 45.2 Å². The van der Waals surface area contributed by atoms with Crippen molar-refractivity contribution in [1.82, 2.24) is 25.3 Å². The van der Waals surface area contributed by atoms with Gasteiger partial charge < -0.3 is 20.3 Å². The lowest BCUT2D eigenvalue weighted by atomic mass is 9.79. The molecule has 0 radical (unpaired) electrons. The molecule has 1 fully saturated rings. The molecule has 5 rings (SSSR count). The summed E-state index contributed by atoms with van der Waals surface area (Å²) in [6.07, 6.45) is 0.664. The Labute approximate surface area is 210 Å². The zero-order valence-electron chi connectivity index (χ0n) is 20.7. The maximum Gasteiger partial charge on any atom is 0.320 e. The highest BCUT2D eigenvalue weighted by molar-refractivity contribution is 5.91. The Bertz CT molecular complexity index is 1230. The molecule has 188 valence electrons. The lowest BCUT2D eigenvalue weighted by Crippen LogP contribution is -2.55. The molecule has 0 bridgehead atoms. The van der Waals surface area contributed by atoms with E-state index in [0.29, 0.717) is 38.5 Å². The summed E-state index contributed by atoms with van der Waals surface area (Å²) in [6, 6.07) is 19.6. The Hall–Kier alpha value is -3.69. The number of rotatable bonds is 7. The molecular formula is C27H32N6O3. The lowest BCUT2D eigenvalue weighted by molar-refractivity contribution is -0.129. The normalized spacial score (nSPS) is 20.8. The van der Waals surface area contributed by atoms with Gasteiger partial charge in [-0.05, 0) is 24.1 Å². The van der Waals surface area contributed by atoms with E-state index in [-0.39, 0.29) is 17.9 Å². The SMILES string of the molecule is COCC[C@@]1(NC(=O)Nc2c3c(nn2-c2ccccc2)CN(C(C)=O)C3)CNC[C@H]1c1ccccc1. The number of hydrogen-bond donors (Lipinski definition) is 3. The molecule has 2 aliphatic heterocycles. The molecule has 36 heavy (non-hydrogen) atoms. The summed E-state index contributed by atoms with van der Waals surface area (Å²) in [7, 11) is 1.68. The van der Waals surface area contributed by atoms with Crippen molar-refractivity contribution in [2.24, 2.45) is 0 Å². The predicted molar refractivity (Wildman–Crippen MR) is 137 cm³/mol. The van der Waals surface area contributed by atoms with Crippen molar-refractivity contribution in [2.45, 2.75) is 37.9 Å². The van der Waals surface area contributed by atoms with Gasteiger partial charge in [0.1, 0.15) is 5.82 Å². The Morgan fingerprint density at radius 1 is 1.11 bits per heavy atom. The van der Waals surface area contributed by atoms with Crippen molar-refractivity contribution in [1.29, 1.82) is 0 Å². The first-order valence-electron chi connectivity index (χ1n) is 12.3. The zero-order chi connectivity index (χ0) is 25.1. The topological polar surface area (TPSA) is 101 Å². The molecule has 0 saturated carbocycles. The third-order valence-corrected chi connectivity index (χ3v) is 7.21. The predicted octanol–water partition coefficient (Wildman–Crippen LogP) is 3.02. The minimum absolute atomic E-state index is 0.0177. The standard InChI is InChI=1S/C27H32N6O3/c1-19(34)32-16-22-24(17-32)31-33(21-11-7-4-8-12-21)25(22)29-26(35)30-27(13-14-36-2)18-28-15-23(27)20-9-5-3-6-10-20/h3-12,23,28H,13-18H2,1-2H3,(H2,29,30,35)/t23-,27+/m0/s1. The average Bonchev–Trinajstić information content (AvgIpc) is 3.58. The van der Waals surface area contributed by atoms with Crippen LogP contribution in [-0.2, 0) is 22.6 Å². The van der Waals surface area contributed by atoms with Gasteiger partial charge in [-0.2, -0.15) is 5.10 Å². The van der Waals surface area contributed by atoms with Crippen molar-refractivity contribution >= 4 is 17.8 Å². The number of aromatic nitrogens is 2. The van der Waals surface area contributed by atoms with Gasteiger partial charge in [-0.15, -0.1) is 0 Å². The van der Waals surface area contributed by atoms with E-state index in [2.05, 4.69) is 28.1 Å². The van der Waals surface area contributed by atoms with E-state index >= 15 is 0 Å². The number of carbonyl (C=O) groups excluding carboxylic acids is 2. The number of methoxy groups -OCH3 is 1. The van der Waals surface area contributed by atoms with Crippen LogP contribution in [0.3, 0.4) is 0 Å². The summed E-state index contributed by atoms with van der Waals surface area (Å²) in [4.78, 5) is 27.3. The molecule has 3 amide bonds. The summed E-state index contributed by atoms with van der Waals surface area (Å²) in [5, 5.41) is 14.6. The number of fused-ring (bicyclic) bond motifs is 1. The number of hydrogen-bond acceptors (Lipinski definition) is 5. The molecule has 1 aromatic heterocycles. The van der Waals surface area contributed by atoms with Crippen LogP contribution in [0, 0.1) is 0 Å². The molecule has 3 heterocycles. The number of nitrogens with zero attached hydrogens (tertiary/aromatic N) is 3. The third-order valence-electron chi connectivity index (χ3n) is 7.21. The van der Waals surface area contributed by atoms with Crippen LogP contribution < -0.4 is 16.0 Å². The van der Waals surface area contributed by atoms with E-state index in [1.54, 1.807) is 23.6 Å². The van der Waals surface area contributed by atoms with E-state index in [1.807, 2.05) is 48.5 Å². The van der Waals surface area contributed by atoms with Gasteiger partial charge >= 0.3 is 6.03 Å². The van der Waals surface area contributed by atoms with Gasteiger partial charge in [-0.25, -0.2) is 9.48 Å². The average molecular weight is 489 g/mol. The fourth-order valence-electron chi connectivity index (χ4n) is 5.31. The minimum Gasteiger partial charge on any atom is -0.385 e. The maximum atomic E-state index is 13.6. The highest BCUT2D eigenvalue weighted by Gasteiger charge is 2.45. The van der Waals surface area contributed by atoms with Gasteiger partial charge in [-0.3, -0.25) is 10.1 Å². The van der Waals surface area contributed by atoms with E-state index in [9.17, 15) is 9.59 Å². The first-order chi connectivity index (χ1) is 17.5. The lowest BCUT2D eigenvalue weighted by Gasteiger charge is -2.36. The molecule has 0 aliphatic carbocycles. The van der Waals surface area contributed by atoms with Gasteiger partial charge in [0.25, 0.3) is 0 Å². The Balaban J connectivity index is 1.45. The molecular weight excluding hydrogens is 456 g/mol. The Morgan fingerprint density at radius 2 is 1.83 bits per heavy atom. The largest absolute Gasteiger partial charge is 0.385 e. The molecule has 3 N–H and O–H groups in total. The number of amides is 3. The van der Waals surface area contributed by atoms with Crippen LogP contribution in [0.4, 0.5) is 10.6 Å². The van der Waals surface area contributed by atoms with E-state index < -0.39 is 5.54 Å². The summed E-state index contributed by atoms with van der Waals surface area (Å²) in [5.41, 5.74) is 3.15. The van der Waals surface area contributed by atoms with Crippen LogP contribution in [0.15, 0.2) is 60.7 Å². The highest BCUT2D eigenvalue weighted by Crippen LogP contribution is 2.36. The van der Waals surface area contributed by atoms with Gasteiger partial charge in [-0.1, -0.05) is 48.5 Å². The summed E-state index contributed by atoms with van der Waals surface area (Å²) in [6.45, 7) is 4.31. The van der Waals surface area contributed by atoms with Crippen molar-refractivity contribution in [3.8, 4) is 5.69 Å². The number of para-hydroxylation sites is 1. The van der Waals surface area contributed by atoms with Crippen LogP contribution in [-0.4, -0.2) is 59.0 Å². The Kier molecular flexibility index (Phi) is 6.75. The van der Waals surface area contributed by atoms with E-state index in [1.165, 1.54) is 5.56 Å². The number of anilines is 1. The summed E-state index contributed by atoms with van der Waals surface area (Å²) >= 11 is 0. The van der Waals surface area contributed by atoms with Crippen LogP contribution in [0.2, 0.25) is 0 Å². The number of urea groups is 1. The first kappa shape index (κ1) is 24.0. The molecule has 2 atom stereocenters. The Morgan fingerprint density at radius 3 is 2.53 bits per heavy atom. The van der Waals surface area contributed by atoms with Crippen molar-refractivity contribution < 1.29 is 14.3 Å². The summed E-state index contributed by atoms with van der Waals surface area (Å²) < 4.78 is 7.18. The molecule has 2 aliphatic rings. The highest BCUT2D eigenvalue weighted by atomic mass is 16.5. The van der Waals surface area contributed by atoms with Crippen molar-refractivity contribution in [3.63, 3.8) is 0 Å². The second kappa shape index (κ2) is 10.1. The second-order valence-corrected chi connectivity index (χ2v) is 9.47. The molecule has 9 heteroatoms.